The first-order valence-corrected chi connectivity index (χ1v) is 7.14. The van der Waals surface area contributed by atoms with Crippen molar-refractivity contribution in [2.24, 2.45) is 0 Å². The molecule has 1 aliphatic heterocycles. The molecule has 2 heteroatoms. The van der Waals surface area contributed by atoms with Gasteiger partial charge in [0.1, 0.15) is 5.75 Å². The predicted octanol–water partition coefficient (Wildman–Crippen LogP) is 4.90. The minimum absolute atomic E-state index is 0.0610. The van der Waals surface area contributed by atoms with Gasteiger partial charge >= 0.3 is 0 Å². The molecule has 0 unspecified atom stereocenters. The summed E-state index contributed by atoms with van der Waals surface area (Å²) >= 11 is 0. The smallest absolute Gasteiger partial charge is 0.117 e. The highest BCUT2D eigenvalue weighted by molar-refractivity contribution is 5.76. The summed E-state index contributed by atoms with van der Waals surface area (Å²) < 4.78 is 0. The average molecular weight is 267 g/mol. The second-order valence-corrected chi connectivity index (χ2v) is 6.44. The van der Waals surface area contributed by atoms with Crippen molar-refractivity contribution in [2.45, 2.75) is 39.0 Å². The molecule has 1 heterocycles. The van der Waals surface area contributed by atoms with E-state index in [0.29, 0.717) is 11.7 Å². The van der Waals surface area contributed by atoms with Gasteiger partial charge in [-0.3, -0.25) is 0 Å². The fourth-order valence-electron chi connectivity index (χ4n) is 3.02. The molecule has 0 fully saturated rings. The van der Waals surface area contributed by atoms with Crippen LogP contribution in [0, 0.1) is 0 Å². The lowest BCUT2D eigenvalue weighted by molar-refractivity contribution is 0.474. The van der Waals surface area contributed by atoms with Gasteiger partial charge in [0.2, 0.25) is 0 Å². The van der Waals surface area contributed by atoms with Crippen molar-refractivity contribution in [3.8, 4) is 5.75 Å². The first kappa shape index (κ1) is 13.0. The fraction of sp³-hybridized carbons (Fsp3) is 0.333. The zero-order valence-corrected chi connectivity index (χ0v) is 12.5. The molecule has 2 aromatic rings. The second kappa shape index (κ2) is 4.27. The summed E-state index contributed by atoms with van der Waals surface area (Å²) in [4.78, 5) is 0. The summed E-state index contributed by atoms with van der Waals surface area (Å²) in [6, 6.07) is 12.2. The zero-order valence-electron chi connectivity index (χ0n) is 12.5. The molecule has 0 saturated carbocycles. The molecule has 2 aromatic carbocycles. The van der Waals surface area contributed by atoms with E-state index in [0.717, 1.165) is 11.4 Å². The van der Waals surface area contributed by atoms with Gasteiger partial charge in [-0.05, 0) is 34.7 Å². The average Bonchev–Trinajstić information content (AvgIpc) is 2.37. The minimum Gasteiger partial charge on any atom is -0.508 e. The van der Waals surface area contributed by atoms with Gasteiger partial charge in [-0.2, -0.15) is 0 Å². The van der Waals surface area contributed by atoms with Gasteiger partial charge in [-0.25, -0.2) is 0 Å². The van der Waals surface area contributed by atoms with Gasteiger partial charge < -0.3 is 10.4 Å². The van der Waals surface area contributed by atoms with E-state index in [1.807, 2.05) is 6.07 Å². The molecule has 0 saturated heterocycles. The molecule has 0 spiro atoms. The molecule has 1 aliphatic rings. The number of rotatable bonds is 1. The Hall–Kier alpha value is -1.96. The highest BCUT2D eigenvalue weighted by Gasteiger charge is 2.32. The minimum atomic E-state index is -0.0610. The van der Waals surface area contributed by atoms with Crippen LogP contribution in [0.3, 0.4) is 0 Å². The van der Waals surface area contributed by atoms with Gasteiger partial charge in [0, 0.05) is 22.9 Å². The van der Waals surface area contributed by atoms with Gasteiger partial charge in [0.05, 0.1) is 0 Å². The highest BCUT2D eigenvalue weighted by atomic mass is 16.3. The van der Waals surface area contributed by atoms with Crippen LogP contribution in [0.1, 0.15) is 50.3 Å². The lowest BCUT2D eigenvalue weighted by Gasteiger charge is -2.36. The molecule has 0 aliphatic carbocycles. The number of hydrogen-bond acceptors (Lipinski definition) is 2. The molecule has 3 rings (SSSR count). The van der Waals surface area contributed by atoms with E-state index in [2.05, 4.69) is 51.2 Å². The summed E-state index contributed by atoms with van der Waals surface area (Å²) in [5, 5.41) is 13.1. The van der Waals surface area contributed by atoms with Crippen LogP contribution in [0.5, 0.6) is 5.75 Å². The molecule has 0 aromatic heterocycles. The Labute approximate surface area is 120 Å². The third kappa shape index (κ3) is 1.87. The van der Waals surface area contributed by atoms with E-state index < -0.39 is 0 Å². The molecule has 0 atom stereocenters. The lowest BCUT2D eigenvalue weighted by atomic mass is 9.73. The summed E-state index contributed by atoms with van der Waals surface area (Å²) in [5.41, 5.74) is 5.98. The standard InChI is InChI=1S/C18H21NO/c1-11(2)12-5-8-16-15(9-12)18(3,4)14-7-6-13(20)10-17(14)19-16/h5-11,19-20H,1-4H3. The Morgan fingerprint density at radius 3 is 2.40 bits per heavy atom. The van der Waals surface area contributed by atoms with Crippen LogP contribution in [0.25, 0.3) is 0 Å². The number of phenolic OH excluding ortho intramolecular Hbond substituents is 1. The maximum atomic E-state index is 9.68. The normalized spacial score (nSPS) is 15.4. The van der Waals surface area contributed by atoms with E-state index in [4.69, 9.17) is 0 Å². The third-order valence-electron chi connectivity index (χ3n) is 4.33. The topological polar surface area (TPSA) is 32.3 Å². The molecular weight excluding hydrogens is 246 g/mol. The van der Waals surface area contributed by atoms with Gasteiger partial charge in [-0.1, -0.05) is 45.9 Å². The van der Waals surface area contributed by atoms with Crippen molar-refractivity contribution < 1.29 is 5.11 Å². The number of aromatic hydroxyl groups is 1. The van der Waals surface area contributed by atoms with Crippen molar-refractivity contribution in [1.29, 1.82) is 0 Å². The Balaban J connectivity index is 2.19. The van der Waals surface area contributed by atoms with E-state index in [1.165, 1.54) is 16.7 Å². The maximum absolute atomic E-state index is 9.68. The van der Waals surface area contributed by atoms with Gasteiger partial charge in [-0.15, -0.1) is 0 Å². The Morgan fingerprint density at radius 1 is 0.950 bits per heavy atom. The maximum Gasteiger partial charge on any atom is 0.117 e. The van der Waals surface area contributed by atoms with Crippen LogP contribution < -0.4 is 5.32 Å². The molecule has 0 radical (unpaired) electrons. The highest BCUT2D eigenvalue weighted by Crippen LogP contribution is 2.46. The quantitative estimate of drug-likeness (QED) is 0.770. The molecule has 104 valence electrons. The van der Waals surface area contributed by atoms with Crippen LogP contribution in [0.4, 0.5) is 11.4 Å². The third-order valence-corrected chi connectivity index (χ3v) is 4.33. The summed E-state index contributed by atoms with van der Waals surface area (Å²) in [6.07, 6.45) is 0. The first-order valence-electron chi connectivity index (χ1n) is 7.14. The van der Waals surface area contributed by atoms with E-state index >= 15 is 0 Å². The largest absolute Gasteiger partial charge is 0.508 e. The first-order chi connectivity index (χ1) is 9.39. The molecule has 2 N–H and O–H groups in total. The Bertz CT molecular complexity index is 671. The zero-order chi connectivity index (χ0) is 14.5. The summed E-state index contributed by atoms with van der Waals surface area (Å²) in [7, 11) is 0. The van der Waals surface area contributed by atoms with Crippen LogP contribution in [-0.2, 0) is 5.41 Å². The van der Waals surface area contributed by atoms with E-state index in [1.54, 1.807) is 12.1 Å². The van der Waals surface area contributed by atoms with Gasteiger partial charge in [0.15, 0.2) is 0 Å². The molecule has 20 heavy (non-hydrogen) atoms. The van der Waals surface area contributed by atoms with Gasteiger partial charge in [0.25, 0.3) is 0 Å². The molecule has 0 amide bonds. The van der Waals surface area contributed by atoms with Crippen molar-refractivity contribution in [3.05, 3.63) is 53.1 Å². The van der Waals surface area contributed by atoms with Crippen molar-refractivity contribution in [2.75, 3.05) is 5.32 Å². The molecule has 0 bridgehead atoms. The summed E-state index contributed by atoms with van der Waals surface area (Å²) in [6.45, 7) is 8.92. The predicted molar refractivity (Wildman–Crippen MR) is 84.0 cm³/mol. The van der Waals surface area contributed by atoms with Crippen molar-refractivity contribution in [3.63, 3.8) is 0 Å². The van der Waals surface area contributed by atoms with Crippen LogP contribution in [0.2, 0.25) is 0 Å². The number of hydrogen-bond donors (Lipinski definition) is 2. The summed E-state index contributed by atoms with van der Waals surface area (Å²) in [5.74, 6) is 0.826. The van der Waals surface area contributed by atoms with Crippen molar-refractivity contribution in [1.82, 2.24) is 0 Å². The van der Waals surface area contributed by atoms with Crippen LogP contribution in [-0.4, -0.2) is 5.11 Å². The lowest BCUT2D eigenvalue weighted by Crippen LogP contribution is -2.26. The van der Waals surface area contributed by atoms with Crippen LogP contribution >= 0.6 is 0 Å². The van der Waals surface area contributed by atoms with Crippen LogP contribution in [0.15, 0.2) is 36.4 Å². The Kier molecular flexibility index (Phi) is 2.79. The Morgan fingerprint density at radius 2 is 1.70 bits per heavy atom. The fourth-order valence-corrected chi connectivity index (χ4v) is 3.02. The second-order valence-electron chi connectivity index (χ2n) is 6.44. The van der Waals surface area contributed by atoms with Crippen molar-refractivity contribution >= 4 is 11.4 Å². The number of phenols is 1. The molecular formula is C18H21NO. The monoisotopic (exact) mass is 267 g/mol. The SMILES string of the molecule is CC(C)c1ccc2c(c1)C(C)(C)c1ccc(O)cc1N2. The number of fused-ring (bicyclic) bond motifs is 2. The van der Waals surface area contributed by atoms with E-state index in [9.17, 15) is 5.11 Å². The number of anilines is 2. The van der Waals surface area contributed by atoms with E-state index in [-0.39, 0.29) is 5.41 Å². The number of benzene rings is 2. The molecule has 2 nitrogen and oxygen atoms in total. The number of nitrogens with one attached hydrogen (secondary N) is 1.